The Labute approximate surface area is 145 Å². The monoisotopic (exact) mass is 345 g/mol. The Morgan fingerprint density at radius 2 is 1.76 bits per heavy atom. The molecule has 2 rings (SSSR count). The van der Waals surface area contributed by atoms with Gasteiger partial charge >= 0.3 is 6.18 Å². The van der Waals surface area contributed by atoms with Crippen LogP contribution in [0.15, 0.2) is 42.6 Å². The summed E-state index contributed by atoms with van der Waals surface area (Å²) in [5.74, 6) is 0. The number of pyridine rings is 1. The molecule has 2 aromatic rings. The second-order valence-corrected chi connectivity index (χ2v) is 5.36. The molecule has 1 aromatic heterocycles. The van der Waals surface area contributed by atoms with Gasteiger partial charge in [-0.1, -0.05) is 12.1 Å². The third-order valence-corrected chi connectivity index (χ3v) is 3.82. The van der Waals surface area contributed by atoms with Crippen molar-refractivity contribution in [3.8, 4) is 6.07 Å². The number of anilines is 1. The molecule has 130 valence electrons. The molecule has 1 heterocycles. The van der Waals surface area contributed by atoms with Gasteiger partial charge in [-0.2, -0.15) is 18.4 Å². The maximum Gasteiger partial charge on any atom is 0.417 e. The fourth-order valence-corrected chi connectivity index (χ4v) is 2.42. The van der Waals surface area contributed by atoms with E-state index in [1.165, 1.54) is 6.07 Å². The van der Waals surface area contributed by atoms with E-state index < -0.39 is 11.7 Å². The molecule has 0 aliphatic rings. The quantitative estimate of drug-likeness (QED) is 0.715. The molecule has 0 saturated heterocycles. The van der Waals surface area contributed by atoms with Crippen molar-refractivity contribution in [2.24, 2.45) is 0 Å². The normalized spacial score (nSPS) is 11.9. The van der Waals surface area contributed by atoms with E-state index in [0.717, 1.165) is 36.6 Å². The van der Waals surface area contributed by atoms with Gasteiger partial charge in [-0.05, 0) is 49.8 Å². The van der Waals surface area contributed by atoms with Crippen LogP contribution in [-0.2, 0) is 6.18 Å². The fraction of sp³-hybridized carbons (Fsp3) is 0.263. The van der Waals surface area contributed by atoms with Gasteiger partial charge in [-0.3, -0.25) is 4.98 Å². The number of nitrogens with zero attached hydrogens (tertiary/aromatic N) is 3. The van der Waals surface area contributed by atoms with Crippen LogP contribution in [0.1, 0.15) is 30.7 Å². The standard InChI is InChI=1S/C19H18F3N3/c1-3-25(4-2)17-8-5-14(6-9-17)11-15(12-23)18-10-7-16(13-24-18)19(20,21)22/h5-11,13H,3-4H2,1-2H3/b15-11+. The van der Waals surface area contributed by atoms with E-state index in [0.29, 0.717) is 0 Å². The van der Waals surface area contributed by atoms with Gasteiger partial charge in [0.2, 0.25) is 0 Å². The van der Waals surface area contributed by atoms with Gasteiger partial charge in [0.1, 0.15) is 6.07 Å². The summed E-state index contributed by atoms with van der Waals surface area (Å²) >= 11 is 0. The van der Waals surface area contributed by atoms with Crippen molar-refractivity contribution in [2.75, 3.05) is 18.0 Å². The minimum atomic E-state index is -4.44. The van der Waals surface area contributed by atoms with E-state index in [1.807, 2.05) is 30.3 Å². The average molecular weight is 345 g/mol. The van der Waals surface area contributed by atoms with Crippen LogP contribution in [0.5, 0.6) is 0 Å². The zero-order chi connectivity index (χ0) is 18.4. The summed E-state index contributed by atoms with van der Waals surface area (Å²) in [6.07, 6.45) is -2.09. The van der Waals surface area contributed by atoms with Gasteiger partial charge in [0, 0.05) is 25.0 Å². The molecule has 0 N–H and O–H groups in total. The maximum atomic E-state index is 12.6. The highest BCUT2D eigenvalue weighted by molar-refractivity contribution is 5.88. The molecule has 0 fully saturated rings. The predicted molar refractivity (Wildman–Crippen MR) is 92.7 cm³/mol. The van der Waals surface area contributed by atoms with E-state index in [9.17, 15) is 18.4 Å². The van der Waals surface area contributed by atoms with Crippen LogP contribution in [0.2, 0.25) is 0 Å². The van der Waals surface area contributed by atoms with Crippen LogP contribution >= 0.6 is 0 Å². The largest absolute Gasteiger partial charge is 0.417 e. The highest BCUT2D eigenvalue weighted by Gasteiger charge is 2.30. The van der Waals surface area contributed by atoms with Crippen molar-refractivity contribution in [1.82, 2.24) is 4.98 Å². The van der Waals surface area contributed by atoms with Crippen LogP contribution in [0.4, 0.5) is 18.9 Å². The van der Waals surface area contributed by atoms with Gasteiger partial charge < -0.3 is 4.90 Å². The summed E-state index contributed by atoms with van der Waals surface area (Å²) in [6.45, 7) is 5.93. The Hall–Kier alpha value is -2.81. The molecule has 6 heteroatoms. The van der Waals surface area contributed by atoms with Crippen LogP contribution < -0.4 is 4.90 Å². The molecular formula is C19H18F3N3. The number of hydrogen-bond acceptors (Lipinski definition) is 3. The number of rotatable bonds is 5. The third kappa shape index (κ3) is 4.60. The number of allylic oxidation sites excluding steroid dienone is 1. The smallest absolute Gasteiger partial charge is 0.372 e. The molecule has 1 aromatic carbocycles. The lowest BCUT2D eigenvalue weighted by Gasteiger charge is -2.20. The topological polar surface area (TPSA) is 39.9 Å². The first kappa shape index (κ1) is 18.5. The summed E-state index contributed by atoms with van der Waals surface area (Å²) in [5.41, 5.74) is 1.45. The minimum Gasteiger partial charge on any atom is -0.372 e. The van der Waals surface area contributed by atoms with Crippen LogP contribution in [0, 0.1) is 11.3 Å². The SMILES string of the molecule is CCN(CC)c1ccc(/C=C(\C#N)c2ccc(C(F)(F)F)cn2)cc1. The lowest BCUT2D eigenvalue weighted by atomic mass is 10.1. The van der Waals surface area contributed by atoms with E-state index in [-0.39, 0.29) is 11.3 Å². The van der Waals surface area contributed by atoms with Crippen molar-refractivity contribution < 1.29 is 13.2 Å². The maximum absolute atomic E-state index is 12.6. The second kappa shape index (κ2) is 7.84. The summed E-state index contributed by atoms with van der Waals surface area (Å²) in [6, 6.07) is 11.8. The Balaban J connectivity index is 2.27. The first-order valence-corrected chi connectivity index (χ1v) is 7.89. The summed E-state index contributed by atoms with van der Waals surface area (Å²) in [5, 5.41) is 9.30. The van der Waals surface area contributed by atoms with Gasteiger partial charge in [0.25, 0.3) is 0 Å². The molecule has 0 saturated carbocycles. The van der Waals surface area contributed by atoms with Gasteiger partial charge in [-0.15, -0.1) is 0 Å². The van der Waals surface area contributed by atoms with E-state index >= 15 is 0 Å². The highest BCUT2D eigenvalue weighted by atomic mass is 19.4. The number of nitriles is 1. The Morgan fingerprint density at radius 1 is 1.12 bits per heavy atom. The van der Waals surface area contributed by atoms with E-state index in [2.05, 4.69) is 23.7 Å². The lowest BCUT2D eigenvalue weighted by Crippen LogP contribution is -2.21. The molecule has 0 unspecified atom stereocenters. The summed E-state index contributed by atoms with van der Waals surface area (Å²) < 4.78 is 37.8. The van der Waals surface area contributed by atoms with Crippen molar-refractivity contribution >= 4 is 17.3 Å². The number of benzene rings is 1. The number of aromatic nitrogens is 1. The van der Waals surface area contributed by atoms with Crippen LogP contribution in [-0.4, -0.2) is 18.1 Å². The zero-order valence-corrected chi connectivity index (χ0v) is 14.0. The number of alkyl halides is 3. The number of hydrogen-bond donors (Lipinski definition) is 0. The third-order valence-electron chi connectivity index (χ3n) is 3.82. The number of halogens is 3. The average Bonchev–Trinajstić information content (AvgIpc) is 2.61. The first-order valence-electron chi connectivity index (χ1n) is 7.89. The molecule has 25 heavy (non-hydrogen) atoms. The molecule has 0 aliphatic heterocycles. The van der Waals surface area contributed by atoms with Crippen molar-refractivity contribution in [3.05, 3.63) is 59.4 Å². The summed E-state index contributed by atoms with van der Waals surface area (Å²) in [7, 11) is 0. The zero-order valence-electron chi connectivity index (χ0n) is 14.0. The van der Waals surface area contributed by atoms with E-state index in [4.69, 9.17) is 0 Å². The molecule has 3 nitrogen and oxygen atoms in total. The molecule has 0 radical (unpaired) electrons. The lowest BCUT2D eigenvalue weighted by molar-refractivity contribution is -0.137. The molecule has 0 spiro atoms. The second-order valence-electron chi connectivity index (χ2n) is 5.36. The summed E-state index contributed by atoms with van der Waals surface area (Å²) in [4.78, 5) is 5.96. The van der Waals surface area contributed by atoms with Crippen molar-refractivity contribution in [2.45, 2.75) is 20.0 Å². The molecule has 0 amide bonds. The van der Waals surface area contributed by atoms with Gasteiger partial charge in [0.15, 0.2) is 0 Å². The van der Waals surface area contributed by atoms with Gasteiger partial charge in [-0.25, -0.2) is 0 Å². The van der Waals surface area contributed by atoms with Gasteiger partial charge in [0.05, 0.1) is 16.8 Å². The molecule has 0 atom stereocenters. The Bertz CT molecular complexity index is 766. The van der Waals surface area contributed by atoms with Crippen LogP contribution in [0.3, 0.4) is 0 Å². The predicted octanol–water partition coefficient (Wildman–Crippen LogP) is 5.01. The molecule has 0 aliphatic carbocycles. The Kier molecular flexibility index (Phi) is 5.81. The minimum absolute atomic E-state index is 0.211. The highest BCUT2D eigenvalue weighted by Crippen LogP contribution is 2.29. The fourth-order valence-electron chi connectivity index (χ4n) is 2.42. The molecule has 0 bridgehead atoms. The van der Waals surface area contributed by atoms with Crippen LogP contribution in [0.25, 0.3) is 11.6 Å². The van der Waals surface area contributed by atoms with E-state index in [1.54, 1.807) is 6.08 Å². The van der Waals surface area contributed by atoms with Crippen molar-refractivity contribution in [3.63, 3.8) is 0 Å². The first-order chi connectivity index (χ1) is 11.9. The van der Waals surface area contributed by atoms with Crippen molar-refractivity contribution in [1.29, 1.82) is 5.26 Å². The Morgan fingerprint density at radius 3 is 2.20 bits per heavy atom. The molecular weight excluding hydrogens is 327 g/mol.